The Morgan fingerprint density at radius 2 is 2.12 bits per heavy atom. The third-order valence-electron chi connectivity index (χ3n) is 3.49. The van der Waals surface area contributed by atoms with Crippen LogP contribution in [0, 0.1) is 12.8 Å². The highest BCUT2D eigenvalue weighted by atomic mass is 32.2. The lowest BCUT2D eigenvalue weighted by atomic mass is 9.92. The quantitative estimate of drug-likeness (QED) is 0.852. The minimum atomic E-state index is 0.561. The number of thioether (sulfide) groups is 1. The van der Waals surface area contributed by atoms with Gasteiger partial charge in [0, 0.05) is 6.04 Å². The third-order valence-corrected chi connectivity index (χ3v) is 4.68. The van der Waals surface area contributed by atoms with Crippen LogP contribution >= 0.6 is 11.8 Å². The van der Waals surface area contributed by atoms with Crippen LogP contribution in [0.1, 0.15) is 36.9 Å². The lowest BCUT2D eigenvalue weighted by Crippen LogP contribution is -2.29. The van der Waals surface area contributed by atoms with Crippen LogP contribution in [0.25, 0.3) is 0 Å². The van der Waals surface area contributed by atoms with Gasteiger partial charge in [0.25, 0.3) is 0 Å². The smallest absolute Gasteiger partial charge is 0.0356 e. The molecule has 2 atom stereocenters. The molecule has 1 N–H and O–H groups in total. The molecular formula is C15H23NS. The van der Waals surface area contributed by atoms with E-state index in [2.05, 4.69) is 55.2 Å². The van der Waals surface area contributed by atoms with Crippen LogP contribution in [-0.4, -0.2) is 18.1 Å². The van der Waals surface area contributed by atoms with Crippen molar-refractivity contribution >= 4 is 11.8 Å². The van der Waals surface area contributed by atoms with Crippen LogP contribution in [0.15, 0.2) is 24.3 Å². The summed E-state index contributed by atoms with van der Waals surface area (Å²) in [6.07, 6.45) is 2.57. The number of nitrogens with one attached hydrogen (secondary N) is 1. The maximum absolute atomic E-state index is 3.73. The predicted octanol–water partition coefficient (Wildman–Crippen LogP) is 3.79. The molecule has 1 aromatic carbocycles. The van der Waals surface area contributed by atoms with Gasteiger partial charge in [-0.25, -0.2) is 0 Å². The number of hydrogen-bond acceptors (Lipinski definition) is 2. The summed E-state index contributed by atoms with van der Waals surface area (Å²) in [5.41, 5.74) is 2.82. The van der Waals surface area contributed by atoms with Gasteiger partial charge in [0.05, 0.1) is 0 Å². The SMILES string of the molecule is CCCNC(c1ccc(C)cc1)C1CCSC1. The van der Waals surface area contributed by atoms with Crippen molar-refractivity contribution in [2.24, 2.45) is 5.92 Å². The van der Waals surface area contributed by atoms with Crippen molar-refractivity contribution in [1.82, 2.24) is 5.32 Å². The topological polar surface area (TPSA) is 12.0 Å². The Morgan fingerprint density at radius 1 is 1.35 bits per heavy atom. The standard InChI is InChI=1S/C15H23NS/c1-3-9-16-15(14-8-10-17-11-14)13-6-4-12(2)5-7-13/h4-7,14-16H,3,8-11H2,1-2H3. The van der Waals surface area contributed by atoms with Gasteiger partial charge in [0.15, 0.2) is 0 Å². The van der Waals surface area contributed by atoms with Gasteiger partial charge in [0.1, 0.15) is 0 Å². The highest BCUT2D eigenvalue weighted by Crippen LogP contribution is 2.34. The first-order valence-corrected chi connectivity index (χ1v) is 7.84. The molecule has 2 unspecified atom stereocenters. The summed E-state index contributed by atoms with van der Waals surface area (Å²) >= 11 is 2.10. The lowest BCUT2D eigenvalue weighted by Gasteiger charge is -2.25. The van der Waals surface area contributed by atoms with Gasteiger partial charge in [-0.2, -0.15) is 11.8 Å². The Morgan fingerprint density at radius 3 is 2.71 bits per heavy atom. The molecule has 1 nitrogen and oxygen atoms in total. The largest absolute Gasteiger partial charge is 0.310 e. The molecule has 94 valence electrons. The van der Waals surface area contributed by atoms with Crippen molar-refractivity contribution in [1.29, 1.82) is 0 Å². The molecule has 1 aliphatic heterocycles. The Hall–Kier alpha value is -0.470. The minimum absolute atomic E-state index is 0.561. The summed E-state index contributed by atoms with van der Waals surface area (Å²) in [6.45, 7) is 5.52. The van der Waals surface area contributed by atoms with Crippen molar-refractivity contribution in [2.75, 3.05) is 18.1 Å². The molecule has 2 heteroatoms. The molecule has 0 amide bonds. The summed E-state index contributed by atoms with van der Waals surface area (Å²) in [5, 5.41) is 3.73. The zero-order valence-corrected chi connectivity index (χ0v) is 11.7. The van der Waals surface area contributed by atoms with E-state index in [4.69, 9.17) is 0 Å². The van der Waals surface area contributed by atoms with Crippen molar-refractivity contribution in [3.8, 4) is 0 Å². The summed E-state index contributed by atoms with van der Waals surface area (Å²) < 4.78 is 0. The summed E-state index contributed by atoms with van der Waals surface area (Å²) in [7, 11) is 0. The average molecular weight is 249 g/mol. The van der Waals surface area contributed by atoms with Gasteiger partial charge in [-0.05, 0) is 49.3 Å². The van der Waals surface area contributed by atoms with E-state index in [1.54, 1.807) is 0 Å². The molecule has 0 bridgehead atoms. The lowest BCUT2D eigenvalue weighted by molar-refractivity contribution is 0.394. The fourth-order valence-corrected chi connectivity index (χ4v) is 3.74. The molecular weight excluding hydrogens is 226 g/mol. The first-order valence-electron chi connectivity index (χ1n) is 6.69. The van der Waals surface area contributed by atoms with E-state index in [1.165, 1.54) is 35.5 Å². The molecule has 1 saturated heterocycles. The van der Waals surface area contributed by atoms with Gasteiger partial charge in [-0.15, -0.1) is 0 Å². The Kier molecular flexibility index (Phi) is 4.93. The predicted molar refractivity (Wildman–Crippen MR) is 77.6 cm³/mol. The summed E-state index contributed by atoms with van der Waals surface area (Å²) in [4.78, 5) is 0. The van der Waals surface area contributed by atoms with E-state index >= 15 is 0 Å². The van der Waals surface area contributed by atoms with Crippen LogP contribution in [-0.2, 0) is 0 Å². The second kappa shape index (κ2) is 6.46. The van der Waals surface area contributed by atoms with Crippen LogP contribution in [0.5, 0.6) is 0 Å². The molecule has 2 rings (SSSR count). The third kappa shape index (κ3) is 3.49. The molecule has 1 aliphatic rings. The molecule has 1 aromatic rings. The summed E-state index contributed by atoms with van der Waals surface area (Å²) in [6, 6.07) is 9.62. The number of hydrogen-bond donors (Lipinski definition) is 1. The van der Waals surface area contributed by atoms with Crippen LogP contribution in [0.3, 0.4) is 0 Å². The van der Waals surface area contributed by atoms with Crippen molar-refractivity contribution in [3.05, 3.63) is 35.4 Å². The van der Waals surface area contributed by atoms with Crippen LogP contribution < -0.4 is 5.32 Å². The van der Waals surface area contributed by atoms with Gasteiger partial charge >= 0.3 is 0 Å². The second-order valence-electron chi connectivity index (χ2n) is 4.97. The van der Waals surface area contributed by atoms with Gasteiger partial charge in [-0.3, -0.25) is 0 Å². The van der Waals surface area contributed by atoms with Crippen molar-refractivity contribution in [3.63, 3.8) is 0 Å². The van der Waals surface area contributed by atoms with Gasteiger partial charge in [0.2, 0.25) is 0 Å². The highest BCUT2D eigenvalue weighted by Gasteiger charge is 2.25. The molecule has 17 heavy (non-hydrogen) atoms. The van der Waals surface area contributed by atoms with E-state index in [9.17, 15) is 0 Å². The number of rotatable bonds is 5. The fourth-order valence-electron chi connectivity index (χ4n) is 2.45. The van der Waals surface area contributed by atoms with E-state index < -0.39 is 0 Å². The summed E-state index contributed by atoms with van der Waals surface area (Å²) in [5.74, 6) is 3.46. The fraction of sp³-hybridized carbons (Fsp3) is 0.600. The zero-order chi connectivity index (χ0) is 12.1. The first kappa shape index (κ1) is 13.0. The van der Waals surface area contributed by atoms with Crippen molar-refractivity contribution in [2.45, 2.75) is 32.7 Å². The van der Waals surface area contributed by atoms with E-state index in [0.29, 0.717) is 6.04 Å². The second-order valence-corrected chi connectivity index (χ2v) is 6.12. The molecule has 0 aliphatic carbocycles. The van der Waals surface area contributed by atoms with E-state index in [1.807, 2.05) is 0 Å². The molecule has 0 saturated carbocycles. The first-order chi connectivity index (χ1) is 8.31. The Labute approximate surface area is 109 Å². The van der Waals surface area contributed by atoms with Crippen LogP contribution in [0.2, 0.25) is 0 Å². The maximum Gasteiger partial charge on any atom is 0.0356 e. The van der Waals surface area contributed by atoms with Crippen LogP contribution in [0.4, 0.5) is 0 Å². The van der Waals surface area contributed by atoms with E-state index in [0.717, 1.165) is 12.5 Å². The van der Waals surface area contributed by atoms with Crippen molar-refractivity contribution < 1.29 is 0 Å². The normalized spacial score (nSPS) is 21.6. The highest BCUT2D eigenvalue weighted by molar-refractivity contribution is 7.99. The molecule has 1 heterocycles. The Balaban J connectivity index is 2.10. The van der Waals surface area contributed by atoms with Gasteiger partial charge in [-0.1, -0.05) is 36.8 Å². The maximum atomic E-state index is 3.73. The number of benzene rings is 1. The average Bonchev–Trinajstić information content (AvgIpc) is 2.85. The van der Waals surface area contributed by atoms with E-state index in [-0.39, 0.29) is 0 Å². The molecule has 1 fully saturated rings. The molecule has 0 aromatic heterocycles. The molecule has 0 radical (unpaired) electrons. The molecule has 0 spiro atoms. The number of aryl methyl sites for hydroxylation is 1. The minimum Gasteiger partial charge on any atom is -0.310 e. The van der Waals surface area contributed by atoms with Gasteiger partial charge < -0.3 is 5.32 Å². The monoisotopic (exact) mass is 249 g/mol. The Bertz CT molecular complexity index is 327. The zero-order valence-electron chi connectivity index (χ0n) is 10.9.